The molecule has 12 heavy (non-hydrogen) atoms. The van der Waals surface area contributed by atoms with Gasteiger partial charge in [-0.3, -0.25) is 0 Å². The van der Waals surface area contributed by atoms with E-state index in [4.69, 9.17) is 0 Å². The Balaban J connectivity index is 3.15. The molecule has 0 aromatic heterocycles. The summed E-state index contributed by atoms with van der Waals surface area (Å²) in [6.45, 7) is 2.23. The zero-order chi connectivity index (χ0) is 9.07. The van der Waals surface area contributed by atoms with E-state index in [9.17, 15) is 0 Å². The van der Waals surface area contributed by atoms with Crippen LogP contribution < -0.4 is 0 Å². The van der Waals surface area contributed by atoms with Gasteiger partial charge in [-0.1, -0.05) is 0 Å². The average Bonchev–Trinajstić information content (AvgIpc) is 2.10. The summed E-state index contributed by atoms with van der Waals surface area (Å²) in [6, 6.07) is 0. The van der Waals surface area contributed by atoms with Gasteiger partial charge in [0.1, 0.15) is 0 Å². The minimum absolute atomic E-state index is 1.23. The summed E-state index contributed by atoms with van der Waals surface area (Å²) in [6.07, 6.45) is 15.3. The molecule has 1 heteroatoms. The molecule has 0 aromatic carbocycles. The van der Waals surface area contributed by atoms with Crippen LogP contribution >= 0.6 is 0 Å². The van der Waals surface area contributed by atoms with Crippen LogP contribution in [0.25, 0.3) is 0 Å². The molecule has 0 unspecified atom stereocenters. The predicted molar refractivity (Wildman–Crippen MR) is 57.6 cm³/mol. The van der Waals surface area contributed by atoms with Gasteiger partial charge in [-0.2, -0.15) is 0 Å². The van der Waals surface area contributed by atoms with E-state index in [2.05, 4.69) is 48.9 Å². The van der Waals surface area contributed by atoms with E-state index in [1.165, 1.54) is 37.2 Å². The average molecular weight is 158 g/mol. The molecule has 0 N–H and O–H groups in total. The van der Waals surface area contributed by atoms with Gasteiger partial charge in [0.15, 0.2) is 0 Å². The van der Waals surface area contributed by atoms with Crippen LogP contribution in [0, 0.1) is 0 Å². The molecule has 0 spiro atoms. The number of unbranched alkanes of at least 4 members (excludes halogenated alkanes) is 3. The summed E-state index contributed by atoms with van der Waals surface area (Å²) >= 11 is 2.23. The Morgan fingerprint density at radius 2 is 1.58 bits per heavy atom. The fourth-order valence-corrected chi connectivity index (χ4v) is 0.994. The Hall–Kier alpha value is 0.0774. The number of hydrogen-bond acceptors (Lipinski definition) is 0. The first kappa shape index (κ1) is 12.1. The van der Waals surface area contributed by atoms with Crippen molar-refractivity contribution in [2.24, 2.45) is 0 Å². The van der Waals surface area contributed by atoms with E-state index in [0.29, 0.717) is 0 Å². The van der Waals surface area contributed by atoms with Gasteiger partial charge in [-0.25, -0.2) is 0 Å². The topological polar surface area (TPSA) is 0 Å². The molecule has 0 amide bonds. The molecule has 0 radical (unpaired) electrons. The summed E-state index contributed by atoms with van der Waals surface area (Å²) in [4.78, 5) is 0. The second-order valence-corrected chi connectivity index (χ2v) is 3.14. The first-order valence-corrected chi connectivity index (χ1v) is 5.23. The van der Waals surface area contributed by atoms with E-state index in [1.54, 1.807) is 0 Å². The first-order valence-electron chi connectivity index (χ1n) is 5.23. The van der Waals surface area contributed by atoms with Crippen molar-refractivity contribution < 1.29 is 0 Å². The van der Waals surface area contributed by atoms with E-state index < -0.39 is 0 Å². The molecule has 0 nitrogen and oxygen atoms in total. The van der Waals surface area contributed by atoms with Gasteiger partial charge >= 0.3 is 86.1 Å². The van der Waals surface area contributed by atoms with Crippen molar-refractivity contribution >= 4 is 17.7 Å². The van der Waals surface area contributed by atoms with E-state index in [1.807, 2.05) is 0 Å². The summed E-state index contributed by atoms with van der Waals surface area (Å²) in [5.41, 5.74) is 0. The van der Waals surface area contributed by atoms with Crippen molar-refractivity contribution in [3.8, 4) is 0 Å². The van der Waals surface area contributed by atoms with Crippen LogP contribution in [-0.2, 0) is 0 Å². The summed E-state index contributed by atoms with van der Waals surface area (Å²) in [5, 5.41) is 1.30. The Morgan fingerprint density at radius 1 is 1.00 bits per heavy atom. The number of rotatable bonds is 7. The monoisotopic (exact) mass is 158 g/mol. The van der Waals surface area contributed by atoms with Crippen LogP contribution in [-0.4, -0.2) is 17.7 Å². The van der Waals surface area contributed by atoms with Crippen LogP contribution in [0.2, 0.25) is 5.09 Å². The van der Waals surface area contributed by atoms with Crippen molar-refractivity contribution in [3.05, 3.63) is 24.3 Å². The fraction of sp³-hybridized carbons (Fsp3) is 0.636. The molecule has 0 aliphatic heterocycles. The van der Waals surface area contributed by atoms with Gasteiger partial charge in [0.25, 0.3) is 0 Å². The normalized spacial score (nSPS) is 11.9. The van der Waals surface area contributed by atoms with Gasteiger partial charge in [0.05, 0.1) is 0 Å². The second-order valence-electron chi connectivity index (χ2n) is 3.14. The third kappa shape index (κ3) is 10.1. The Bertz CT molecular complexity index is 109. The van der Waals surface area contributed by atoms with Crippen LogP contribution in [0.1, 0.15) is 39.0 Å². The van der Waals surface area contributed by atoms with Gasteiger partial charge in [0.2, 0.25) is 0 Å². The maximum atomic E-state index is 2.26. The molecular formula is C11H19Li. The standard InChI is InChI=1S/C11H19.Li/c1-3-5-7-9-11-10-8-6-4-2;/h7,9-11H,1,3-6,8H2,2H3;/b9-7+,11-10+;. The molecule has 0 fully saturated rings. The third-order valence-corrected chi connectivity index (χ3v) is 1.83. The maximum absolute atomic E-state index is 2.26. The molecule has 0 heterocycles. The van der Waals surface area contributed by atoms with Crippen LogP contribution in [0.15, 0.2) is 24.3 Å². The Morgan fingerprint density at radius 3 is 2.08 bits per heavy atom. The van der Waals surface area contributed by atoms with Crippen LogP contribution in [0.3, 0.4) is 0 Å². The van der Waals surface area contributed by atoms with Gasteiger partial charge < -0.3 is 0 Å². The van der Waals surface area contributed by atoms with Gasteiger partial charge in [-0.15, -0.1) is 0 Å². The van der Waals surface area contributed by atoms with E-state index in [-0.39, 0.29) is 0 Å². The van der Waals surface area contributed by atoms with Crippen molar-refractivity contribution in [3.63, 3.8) is 0 Å². The molecule has 0 aliphatic carbocycles. The predicted octanol–water partition coefficient (Wildman–Crippen LogP) is 3.66. The summed E-state index contributed by atoms with van der Waals surface area (Å²) < 4.78 is 0. The molecule has 0 bridgehead atoms. The SMILES string of the molecule is [Li][CH2]CC/C=C/C=C/CCCC. The Kier molecular flexibility index (Phi) is 11.1. The molecule has 0 aliphatic rings. The van der Waals surface area contributed by atoms with Crippen molar-refractivity contribution in [2.75, 3.05) is 0 Å². The third-order valence-electron chi connectivity index (χ3n) is 1.83. The summed E-state index contributed by atoms with van der Waals surface area (Å²) in [7, 11) is 0. The van der Waals surface area contributed by atoms with Crippen LogP contribution in [0.5, 0.6) is 0 Å². The number of allylic oxidation sites excluding steroid dienone is 4. The molecule has 0 atom stereocenters. The number of hydrogen-bond donors (Lipinski definition) is 0. The fourth-order valence-electron chi connectivity index (χ4n) is 0.994. The van der Waals surface area contributed by atoms with Crippen molar-refractivity contribution in [1.29, 1.82) is 0 Å². The van der Waals surface area contributed by atoms with E-state index in [0.717, 1.165) is 0 Å². The zero-order valence-electron chi connectivity index (χ0n) is 8.55. The van der Waals surface area contributed by atoms with E-state index >= 15 is 0 Å². The first-order chi connectivity index (χ1) is 5.91. The van der Waals surface area contributed by atoms with Gasteiger partial charge in [0, 0.05) is 0 Å². The molecule has 0 rings (SSSR count). The van der Waals surface area contributed by atoms with Crippen molar-refractivity contribution in [2.45, 2.75) is 44.1 Å². The van der Waals surface area contributed by atoms with Crippen molar-refractivity contribution in [1.82, 2.24) is 0 Å². The molecule has 0 saturated heterocycles. The molecule has 0 saturated carbocycles. The second kappa shape index (κ2) is 11.1. The molecular weight excluding hydrogens is 139 g/mol. The minimum atomic E-state index is 1.23. The Labute approximate surface area is 86.3 Å². The van der Waals surface area contributed by atoms with Gasteiger partial charge in [-0.05, 0) is 0 Å². The zero-order valence-corrected chi connectivity index (χ0v) is 8.55. The van der Waals surface area contributed by atoms with Crippen LogP contribution in [0.4, 0.5) is 0 Å². The molecule has 64 valence electrons. The quantitative estimate of drug-likeness (QED) is 0.301. The molecule has 0 aromatic rings. The summed E-state index contributed by atoms with van der Waals surface area (Å²) in [5.74, 6) is 0.